The molecule has 1 saturated heterocycles. The number of carbonyl (C=O) groups excluding carboxylic acids is 2. The van der Waals surface area contributed by atoms with Crippen LogP contribution in [0.4, 0.5) is 0 Å². The number of amides is 2. The minimum atomic E-state index is -2.92. The van der Waals surface area contributed by atoms with Crippen LogP contribution in [-0.4, -0.2) is 56.1 Å². The summed E-state index contributed by atoms with van der Waals surface area (Å²) in [6.45, 7) is 0.342. The molecule has 2 aliphatic rings. The van der Waals surface area contributed by atoms with Crippen LogP contribution >= 0.6 is 0 Å². The maximum absolute atomic E-state index is 11.8. The van der Waals surface area contributed by atoms with Crippen molar-refractivity contribution in [3.05, 3.63) is 0 Å². The monoisotopic (exact) mass is 287 g/mol. The Bertz CT molecular complexity index is 526. The molecule has 1 atom stereocenters. The second-order valence-corrected chi connectivity index (χ2v) is 7.17. The highest BCUT2D eigenvalue weighted by Gasteiger charge is 2.29. The van der Waals surface area contributed by atoms with Gasteiger partial charge >= 0.3 is 0 Å². The Balaban J connectivity index is 1.85. The fourth-order valence-electron chi connectivity index (χ4n) is 2.20. The summed E-state index contributed by atoms with van der Waals surface area (Å²) in [7, 11) is -1.41. The van der Waals surface area contributed by atoms with Crippen molar-refractivity contribution in [3.63, 3.8) is 0 Å². The summed E-state index contributed by atoms with van der Waals surface area (Å²) in [5.41, 5.74) is 0.322. The van der Waals surface area contributed by atoms with Crippen molar-refractivity contribution in [2.45, 2.75) is 19.3 Å². The number of rotatable bonds is 3. The molecular weight excluding hydrogens is 270 g/mol. The van der Waals surface area contributed by atoms with E-state index in [9.17, 15) is 18.0 Å². The van der Waals surface area contributed by atoms with Gasteiger partial charge in [-0.1, -0.05) is 0 Å². The van der Waals surface area contributed by atoms with Crippen molar-refractivity contribution < 1.29 is 18.0 Å². The van der Waals surface area contributed by atoms with Gasteiger partial charge in [0, 0.05) is 26.4 Å². The minimum Gasteiger partial charge on any atom is -0.351 e. The summed E-state index contributed by atoms with van der Waals surface area (Å²) >= 11 is 0. The Hall–Kier alpha value is -1.44. The van der Waals surface area contributed by atoms with Crippen molar-refractivity contribution in [1.29, 1.82) is 0 Å². The third-order valence-corrected chi connectivity index (χ3v) is 5.18. The topological polar surface area (TPSA) is 95.9 Å². The number of nitrogens with one attached hydrogen (secondary N) is 1. The second kappa shape index (κ2) is 5.28. The Kier molecular flexibility index (Phi) is 3.88. The van der Waals surface area contributed by atoms with Crippen LogP contribution in [-0.2, 0) is 19.4 Å². The second-order valence-electron chi connectivity index (χ2n) is 4.94. The summed E-state index contributed by atoms with van der Waals surface area (Å²) in [6.07, 6.45) is 1.20. The molecule has 8 heteroatoms. The van der Waals surface area contributed by atoms with E-state index in [2.05, 4.69) is 10.4 Å². The van der Waals surface area contributed by atoms with Crippen LogP contribution in [0, 0.1) is 5.92 Å². The van der Waals surface area contributed by atoms with E-state index in [0.717, 1.165) is 0 Å². The highest BCUT2D eigenvalue weighted by molar-refractivity contribution is 7.91. The Morgan fingerprint density at radius 1 is 1.47 bits per heavy atom. The van der Waals surface area contributed by atoms with E-state index in [-0.39, 0.29) is 35.7 Å². The smallest absolute Gasteiger partial charge is 0.267 e. The van der Waals surface area contributed by atoms with Crippen molar-refractivity contribution in [1.82, 2.24) is 10.3 Å². The number of nitrogens with zero attached hydrogens (tertiary/aromatic N) is 2. The number of carbonyl (C=O) groups is 2. The van der Waals surface area contributed by atoms with Crippen LogP contribution < -0.4 is 5.32 Å². The Morgan fingerprint density at radius 3 is 2.79 bits per heavy atom. The molecule has 0 radical (unpaired) electrons. The number of sulfone groups is 1. The largest absolute Gasteiger partial charge is 0.351 e. The lowest BCUT2D eigenvalue weighted by molar-refractivity contribution is -0.130. The molecule has 1 fully saturated rings. The molecule has 1 N–H and O–H groups in total. The maximum Gasteiger partial charge on any atom is 0.267 e. The van der Waals surface area contributed by atoms with Crippen molar-refractivity contribution in [3.8, 4) is 0 Å². The molecule has 0 saturated carbocycles. The molecule has 2 aliphatic heterocycles. The summed E-state index contributed by atoms with van der Waals surface area (Å²) in [5, 5.41) is 7.77. The summed E-state index contributed by atoms with van der Waals surface area (Å²) in [4.78, 5) is 23.1. The van der Waals surface area contributed by atoms with E-state index in [1.54, 1.807) is 0 Å². The van der Waals surface area contributed by atoms with Gasteiger partial charge in [-0.05, 0) is 12.3 Å². The first-order valence-electron chi connectivity index (χ1n) is 6.20. The molecular formula is C11H17N3O4S. The SMILES string of the molecule is CN1N=C(C(=O)NC[C@@H]2CCS(=O)(=O)C2)CCC1=O. The van der Waals surface area contributed by atoms with Crippen LogP contribution in [0.1, 0.15) is 19.3 Å². The van der Waals surface area contributed by atoms with E-state index in [4.69, 9.17) is 0 Å². The molecule has 2 heterocycles. The zero-order chi connectivity index (χ0) is 14.0. The van der Waals surface area contributed by atoms with Gasteiger partial charge in [0.1, 0.15) is 5.71 Å². The number of hydrazone groups is 1. The number of hydrogen-bond acceptors (Lipinski definition) is 5. The third kappa shape index (κ3) is 3.52. The zero-order valence-corrected chi connectivity index (χ0v) is 11.6. The van der Waals surface area contributed by atoms with E-state index >= 15 is 0 Å². The van der Waals surface area contributed by atoms with Crippen molar-refractivity contribution in [2.75, 3.05) is 25.1 Å². The van der Waals surface area contributed by atoms with Gasteiger partial charge in [-0.3, -0.25) is 9.59 Å². The Morgan fingerprint density at radius 2 is 2.21 bits per heavy atom. The first-order valence-corrected chi connectivity index (χ1v) is 8.02. The standard InChI is InChI=1S/C11H17N3O4S/c1-14-10(15)3-2-9(13-14)11(16)12-6-8-4-5-19(17,18)7-8/h8H,2-7H2,1H3,(H,12,16)/t8-/m0/s1. The molecule has 0 aromatic heterocycles. The van der Waals surface area contributed by atoms with Crippen LogP contribution in [0.25, 0.3) is 0 Å². The normalized spacial score (nSPS) is 26.2. The van der Waals surface area contributed by atoms with Crippen LogP contribution in [0.15, 0.2) is 5.10 Å². The van der Waals surface area contributed by atoms with E-state index in [0.29, 0.717) is 25.1 Å². The summed E-state index contributed by atoms with van der Waals surface area (Å²) in [6, 6.07) is 0. The fraction of sp³-hybridized carbons (Fsp3) is 0.727. The maximum atomic E-state index is 11.8. The molecule has 0 aromatic carbocycles. The van der Waals surface area contributed by atoms with Gasteiger partial charge < -0.3 is 5.32 Å². The molecule has 2 rings (SSSR count). The molecule has 0 aromatic rings. The predicted octanol–water partition coefficient (Wildman–Crippen LogP) is -0.854. The highest BCUT2D eigenvalue weighted by atomic mass is 32.2. The average Bonchev–Trinajstić information content (AvgIpc) is 2.69. The van der Waals surface area contributed by atoms with Gasteiger partial charge in [-0.2, -0.15) is 5.10 Å². The molecule has 0 spiro atoms. The molecule has 0 bridgehead atoms. The van der Waals surface area contributed by atoms with Crippen LogP contribution in [0.5, 0.6) is 0 Å². The molecule has 106 valence electrons. The predicted molar refractivity (Wildman–Crippen MR) is 69.2 cm³/mol. The molecule has 7 nitrogen and oxygen atoms in total. The third-order valence-electron chi connectivity index (χ3n) is 3.35. The van der Waals surface area contributed by atoms with E-state index in [1.807, 2.05) is 0 Å². The quantitative estimate of drug-likeness (QED) is 0.731. The molecule has 19 heavy (non-hydrogen) atoms. The highest BCUT2D eigenvalue weighted by Crippen LogP contribution is 2.17. The van der Waals surface area contributed by atoms with Crippen LogP contribution in [0.3, 0.4) is 0 Å². The summed E-state index contributed by atoms with van der Waals surface area (Å²) < 4.78 is 22.6. The summed E-state index contributed by atoms with van der Waals surface area (Å²) in [5.74, 6) is -0.108. The first-order chi connectivity index (χ1) is 8.87. The van der Waals surface area contributed by atoms with E-state index in [1.165, 1.54) is 12.1 Å². The van der Waals surface area contributed by atoms with Crippen molar-refractivity contribution in [2.24, 2.45) is 11.0 Å². The fourth-order valence-corrected chi connectivity index (χ4v) is 4.07. The lowest BCUT2D eigenvalue weighted by atomic mass is 10.1. The average molecular weight is 287 g/mol. The van der Waals surface area contributed by atoms with Crippen molar-refractivity contribution >= 4 is 27.4 Å². The lowest BCUT2D eigenvalue weighted by Gasteiger charge is -2.19. The Labute approximate surface area is 112 Å². The van der Waals surface area contributed by atoms with Gasteiger partial charge in [-0.25, -0.2) is 13.4 Å². The molecule has 0 aliphatic carbocycles. The lowest BCUT2D eigenvalue weighted by Crippen LogP contribution is -2.39. The molecule has 2 amide bonds. The molecule has 0 unspecified atom stereocenters. The van der Waals surface area contributed by atoms with Gasteiger partial charge in [0.05, 0.1) is 11.5 Å². The number of hydrogen-bond donors (Lipinski definition) is 1. The van der Waals surface area contributed by atoms with Gasteiger partial charge in [0.2, 0.25) is 5.91 Å². The first kappa shape index (κ1) is 14.0. The minimum absolute atomic E-state index is 0.0162. The van der Waals surface area contributed by atoms with Crippen LogP contribution in [0.2, 0.25) is 0 Å². The van der Waals surface area contributed by atoms with Gasteiger partial charge in [0.25, 0.3) is 5.91 Å². The van der Waals surface area contributed by atoms with Gasteiger partial charge in [-0.15, -0.1) is 0 Å². The zero-order valence-electron chi connectivity index (χ0n) is 10.8. The van der Waals surface area contributed by atoms with Gasteiger partial charge in [0.15, 0.2) is 9.84 Å². The van der Waals surface area contributed by atoms with E-state index < -0.39 is 9.84 Å².